The summed E-state index contributed by atoms with van der Waals surface area (Å²) in [6.07, 6.45) is 0. The quantitative estimate of drug-likeness (QED) is 0.724. The van der Waals surface area contributed by atoms with Gasteiger partial charge in [-0.1, -0.05) is 5.16 Å². The average molecular weight is 255 g/mol. The van der Waals surface area contributed by atoms with E-state index in [1.807, 2.05) is 0 Å². The van der Waals surface area contributed by atoms with Crippen LogP contribution in [-0.2, 0) is 11.3 Å². The molecular weight excluding hydrogens is 238 g/mol. The van der Waals surface area contributed by atoms with Gasteiger partial charge in [0, 0.05) is 12.1 Å². The van der Waals surface area contributed by atoms with Crippen LogP contribution < -0.4 is 10.6 Å². The van der Waals surface area contributed by atoms with E-state index in [1.54, 1.807) is 19.9 Å². The van der Waals surface area contributed by atoms with E-state index in [9.17, 15) is 9.59 Å². The number of nitrogens with one attached hydrogen (secondary N) is 2. The number of rotatable bonds is 5. The molecule has 0 aromatic carbocycles. The number of nitrogens with zero attached hydrogens (tertiary/aromatic N) is 1. The Morgan fingerprint density at radius 3 is 2.67 bits per heavy atom. The van der Waals surface area contributed by atoms with Crippen molar-refractivity contribution in [1.29, 1.82) is 0 Å². The van der Waals surface area contributed by atoms with Gasteiger partial charge in [-0.05, 0) is 20.8 Å². The molecule has 0 saturated carbocycles. The standard InChI is InChI=1S/C11H17N3O4/c1-6-4-9(18-14-6)5-12-11(17)13-8(3)7(2)10(15)16/h4,7-8H,5H2,1-3H3,(H,15,16)(H2,12,13,17). The fourth-order valence-corrected chi connectivity index (χ4v) is 1.26. The molecule has 2 atom stereocenters. The lowest BCUT2D eigenvalue weighted by molar-refractivity contribution is -0.141. The lowest BCUT2D eigenvalue weighted by Crippen LogP contribution is -2.44. The minimum absolute atomic E-state index is 0.209. The van der Waals surface area contributed by atoms with Crippen LogP contribution in [0.5, 0.6) is 0 Å². The number of urea groups is 1. The molecule has 0 aliphatic heterocycles. The second-order valence-corrected chi connectivity index (χ2v) is 4.18. The van der Waals surface area contributed by atoms with Crippen molar-refractivity contribution in [2.75, 3.05) is 0 Å². The largest absolute Gasteiger partial charge is 0.481 e. The van der Waals surface area contributed by atoms with Crippen LogP contribution in [0.25, 0.3) is 0 Å². The number of carboxylic acids is 1. The van der Waals surface area contributed by atoms with E-state index in [4.69, 9.17) is 9.63 Å². The van der Waals surface area contributed by atoms with Crippen molar-refractivity contribution < 1.29 is 19.2 Å². The first-order valence-corrected chi connectivity index (χ1v) is 5.59. The summed E-state index contributed by atoms with van der Waals surface area (Å²) in [6, 6.07) is 0.812. The fraction of sp³-hybridized carbons (Fsp3) is 0.545. The molecule has 3 N–H and O–H groups in total. The topological polar surface area (TPSA) is 104 Å². The second kappa shape index (κ2) is 6.04. The monoisotopic (exact) mass is 255 g/mol. The molecule has 0 spiro atoms. The van der Waals surface area contributed by atoms with Crippen molar-refractivity contribution in [3.05, 3.63) is 17.5 Å². The van der Waals surface area contributed by atoms with Crippen LogP contribution in [0.1, 0.15) is 25.3 Å². The molecule has 2 unspecified atom stereocenters. The van der Waals surface area contributed by atoms with Gasteiger partial charge in [0.05, 0.1) is 18.2 Å². The molecule has 0 radical (unpaired) electrons. The van der Waals surface area contributed by atoms with Gasteiger partial charge in [-0.15, -0.1) is 0 Å². The predicted octanol–water partition coefficient (Wildman–Crippen LogP) is 0.891. The van der Waals surface area contributed by atoms with Gasteiger partial charge in [-0.25, -0.2) is 4.79 Å². The Labute approximate surface area is 105 Å². The van der Waals surface area contributed by atoms with Crippen LogP contribution >= 0.6 is 0 Å². The maximum Gasteiger partial charge on any atom is 0.315 e. The number of amides is 2. The Hall–Kier alpha value is -2.05. The Morgan fingerprint density at radius 2 is 2.17 bits per heavy atom. The summed E-state index contributed by atoms with van der Waals surface area (Å²) in [6.45, 7) is 5.16. The van der Waals surface area contributed by atoms with Crippen LogP contribution in [0, 0.1) is 12.8 Å². The number of aliphatic carboxylic acids is 1. The summed E-state index contributed by atoms with van der Waals surface area (Å²) in [5, 5.41) is 17.6. The zero-order chi connectivity index (χ0) is 13.7. The summed E-state index contributed by atoms with van der Waals surface area (Å²) in [4.78, 5) is 22.2. The minimum Gasteiger partial charge on any atom is -0.481 e. The minimum atomic E-state index is -0.950. The lowest BCUT2D eigenvalue weighted by atomic mass is 10.0. The molecule has 1 aromatic heterocycles. The highest BCUT2D eigenvalue weighted by Gasteiger charge is 2.20. The maximum atomic E-state index is 11.5. The number of aryl methyl sites for hydroxylation is 1. The number of hydrogen-bond acceptors (Lipinski definition) is 4. The third kappa shape index (κ3) is 4.08. The third-order valence-electron chi connectivity index (χ3n) is 2.60. The predicted molar refractivity (Wildman–Crippen MR) is 62.9 cm³/mol. The highest BCUT2D eigenvalue weighted by Crippen LogP contribution is 2.03. The van der Waals surface area contributed by atoms with Crippen LogP contribution in [0.15, 0.2) is 10.6 Å². The van der Waals surface area contributed by atoms with Crippen molar-refractivity contribution in [3.63, 3.8) is 0 Å². The second-order valence-electron chi connectivity index (χ2n) is 4.18. The van der Waals surface area contributed by atoms with Gasteiger partial charge in [-0.2, -0.15) is 0 Å². The van der Waals surface area contributed by atoms with Crippen molar-refractivity contribution >= 4 is 12.0 Å². The first-order chi connectivity index (χ1) is 8.40. The van der Waals surface area contributed by atoms with Gasteiger partial charge in [0.1, 0.15) is 0 Å². The molecule has 0 saturated heterocycles. The Balaban J connectivity index is 2.35. The zero-order valence-corrected chi connectivity index (χ0v) is 10.6. The summed E-state index contributed by atoms with van der Waals surface area (Å²) in [5.41, 5.74) is 0.736. The van der Waals surface area contributed by atoms with Crippen molar-refractivity contribution in [3.8, 4) is 0 Å². The van der Waals surface area contributed by atoms with Gasteiger partial charge in [-0.3, -0.25) is 4.79 Å². The van der Waals surface area contributed by atoms with Crippen molar-refractivity contribution in [1.82, 2.24) is 15.8 Å². The van der Waals surface area contributed by atoms with Crippen molar-refractivity contribution in [2.24, 2.45) is 5.92 Å². The van der Waals surface area contributed by atoms with Crippen LogP contribution in [0.2, 0.25) is 0 Å². The first kappa shape index (κ1) is 14.0. The normalized spacial score (nSPS) is 13.7. The SMILES string of the molecule is Cc1cc(CNC(=O)NC(C)C(C)C(=O)O)on1. The Bertz CT molecular complexity index is 430. The molecule has 1 heterocycles. The summed E-state index contributed by atoms with van der Waals surface area (Å²) >= 11 is 0. The van der Waals surface area contributed by atoms with Crippen LogP contribution in [-0.4, -0.2) is 28.3 Å². The van der Waals surface area contributed by atoms with E-state index >= 15 is 0 Å². The molecule has 7 heteroatoms. The van der Waals surface area contributed by atoms with E-state index in [0.717, 1.165) is 5.69 Å². The maximum absolute atomic E-state index is 11.5. The highest BCUT2D eigenvalue weighted by atomic mass is 16.5. The van der Waals surface area contributed by atoms with Gasteiger partial charge < -0.3 is 20.3 Å². The molecule has 18 heavy (non-hydrogen) atoms. The van der Waals surface area contributed by atoms with Crippen LogP contribution in [0.4, 0.5) is 4.79 Å². The third-order valence-corrected chi connectivity index (χ3v) is 2.60. The van der Waals surface area contributed by atoms with E-state index in [-0.39, 0.29) is 6.54 Å². The van der Waals surface area contributed by atoms with Crippen LogP contribution in [0.3, 0.4) is 0 Å². The molecule has 1 rings (SSSR count). The molecule has 2 amide bonds. The molecule has 7 nitrogen and oxygen atoms in total. The van der Waals surface area contributed by atoms with E-state index in [1.165, 1.54) is 6.92 Å². The Morgan fingerprint density at radius 1 is 1.50 bits per heavy atom. The van der Waals surface area contributed by atoms with E-state index < -0.39 is 24.0 Å². The molecule has 0 aliphatic rings. The molecule has 0 aliphatic carbocycles. The summed E-state index contributed by atoms with van der Waals surface area (Å²) in [7, 11) is 0. The zero-order valence-electron chi connectivity index (χ0n) is 10.6. The molecule has 0 fully saturated rings. The first-order valence-electron chi connectivity index (χ1n) is 5.59. The van der Waals surface area contributed by atoms with Gasteiger partial charge in [0.2, 0.25) is 0 Å². The number of aromatic nitrogens is 1. The molecule has 100 valence electrons. The number of carboxylic acid groups (broad SMARTS) is 1. The smallest absolute Gasteiger partial charge is 0.315 e. The number of carbonyl (C=O) groups is 2. The fourth-order valence-electron chi connectivity index (χ4n) is 1.26. The number of hydrogen-bond donors (Lipinski definition) is 3. The summed E-state index contributed by atoms with van der Waals surface area (Å²) in [5.74, 6) is -1.06. The average Bonchev–Trinajstić information content (AvgIpc) is 2.71. The van der Waals surface area contributed by atoms with Gasteiger partial charge in [0.15, 0.2) is 5.76 Å². The van der Waals surface area contributed by atoms with Crippen molar-refractivity contribution in [2.45, 2.75) is 33.4 Å². The molecule has 1 aromatic rings. The van der Waals surface area contributed by atoms with Gasteiger partial charge >= 0.3 is 12.0 Å². The Kier molecular flexibility index (Phi) is 4.70. The highest BCUT2D eigenvalue weighted by molar-refractivity contribution is 5.76. The number of carbonyl (C=O) groups excluding carboxylic acids is 1. The summed E-state index contributed by atoms with van der Waals surface area (Å²) < 4.78 is 4.92. The molecule has 0 bridgehead atoms. The molecular formula is C11H17N3O4. The van der Waals surface area contributed by atoms with E-state index in [0.29, 0.717) is 5.76 Å². The van der Waals surface area contributed by atoms with Gasteiger partial charge in [0.25, 0.3) is 0 Å². The lowest BCUT2D eigenvalue weighted by Gasteiger charge is -2.17. The van der Waals surface area contributed by atoms with E-state index in [2.05, 4.69) is 15.8 Å².